The molecule has 15 nitrogen and oxygen atoms in total. The fourth-order valence-corrected chi connectivity index (χ4v) is 9.18. The zero-order chi connectivity index (χ0) is 50.1. The molecule has 5 atom stereocenters. The maximum atomic E-state index is 13.4. The molecule has 2 aliphatic heterocycles. The minimum atomic E-state index is -4.53. The van der Waals surface area contributed by atoms with Gasteiger partial charge >= 0.3 is 12.4 Å². The number of nitrogens with one attached hydrogen (secondary N) is 2. The second-order valence-electron chi connectivity index (χ2n) is 17.7. The molecule has 2 aliphatic carbocycles. The number of nitrogens with zero attached hydrogens (tertiary/aromatic N) is 8. The summed E-state index contributed by atoms with van der Waals surface area (Å²) in [6, 6.07) is 16.6. The van der Waals surface area contributed by atoms with Gasteiger partial charge in [0.2, 0.25) is 11.8 Å². The van der Waals surface area contributed by atoms with Gasteiger partial charge in [-0.3, -0.25) is 28.5 Å². The van der Waals surface area contributed by atoms with Gasteiger partial charge < -0.3 is 25.5 Å². The van der Waals surface area contributed by atoms with Gasteiger partial charge in [0.1, 0.15) is 11.4 Å². The highest BCUT2D eigenvalue weighted by molar-refractivity contribution is 5.95. The van der Waals surface area contributed by atoms with Crippen molar-refractivity contribution in [1.29, 1.82) is 0 Å². The van der Waals surface area contributed by atoms with Gasteiger partial charge in [0.05, 0.1) is 54.6 Å². The molecule has 4 aromatic rings. The van der Waals surface area contributed by atoms with Crippen molar-refractivity contribution >= 4 is 46.1 Å². The molecule has 4 amide bonds. The lowest BCUT2D eigenvalue weighted by Crippen LogP contribution is -2.41. The van der Waals surface area contributed by atoms with E-state index in [1.165, 1.54) is 24.6 Å². The molecule has 21 heteroatoms. The van der Waals surface area contributed by atoms with Crippen LogP contribution in [-0.2, 0) is 22.7 Å². The van der Waals surface area contributed by atoms with Gasteiger partial charge in [-0.05, 0) is 74.8 Å². The van der Waals surface area contributed by atoms with E-state index in [0.717, 1.165) is 11.1 Å². The molecule has 0 radical (unpaired) electrons. The average Bonchev–Trinajstić information content (AvgIpc) is 3.94. The Labute approximate surface area is 393 Å². The maximum absolute atomic E-state index is 13.4. The number of carbonyl (C=O) groups excluding carboxylic acids is 4. The second kappa shape index (κ2) is 19.8. The van der Waals surface area contributed by atoms with Crippen LogP contribution in [0.2, 0.25) is 0 Å². The molecule has 69 heavy (non-hydrogen) atoms. The van der Waals surface area contributed by atoms with Crippen LogP contribution in [0.5, 0.6) is 0 Å². The molecule has 2 aromatic heterocycles. The predicted molar refractivity (Wildman–Crippen MR) is 238 cm³/mol. The molecule has 362 valence electrons. The van der Waals surface area contributed by atoms with Gasteiger partial charge in [-0.2, -0.15) is 36.5 Å². The van der Waals surface area contributed by atoms with E-state index in [-0.39, 0.29) is 71.5 Å². The molecule has 0 bridgehead atoms. The average molecular weight is 959 g/mol. The highest BCUT2D eigenvalue weighted by Crippen LogP contribution is 2.44. The quantitative estimate of drug-likeness (QED) is 0.118. The number of carbonyl (C=O) groups is 4. The first-order chi connectivity index (χ1) is 32.5. The molecule has 0 fully saturated rings. The first kappa shape index (κ1) is 49.6. The Balaban J connectivity index is 0.000000204. The number of halogens is 6. The second-order valence-corrected chi connectivity index (χ2v) is 17.7. The number of aliphatic hydroxyl groups excluding tert-OH is 1. The first-order valence-electron chi connectivity index (χ1n) is 22.1. The molecule has 0 saturated heterocycles. The Morgan fingerprint density at radius 1 is 0.710 bits per heavy atom. The summed E-state index contributed by atoms with van der Waals surface area (Å²) in [5, 5.41) is 24.7. The highest BCUT2D eigenvalue weighted by atomic mass is 19.4. The summed E-state index contributed by atoms with van der Waals surface area (Å²) in [6.45, 7) is 21.8. The summed E-state index contributed by atoms with van der Waals surface area (Å²) in [5.41, 5.74) is 4.77. The van der Waals surface area contributed by atoms with Crippen LogP contribution in [0.25, 0.3) is 20.8 Å². The van der Waals surface area contributed by atoms with E-state index < -0.39 is 54.9 Å². The zero-order valence-electron chi connectivity index (χ0n) is 37.9. The summed E-state index contributed by atoms with van der Waals surface area (Å²) >= 11 is 0. The number of alkyl halides is 6. The van der Waals surface area contributed by atoms with Crippen LogP contribution in [0, 0.1) is 25.0 Å². The van der Waals surface area contributed by atoms with Gasteiger partial charge in [0.25, 0.3) is 11.8 Å². The molecule has 8 rings (SSSR count). The van der Waals surface area contributed by atoms with Crippen molar-refractivity contribution in [3.63, 3.8) is 0 Å². The number of allylic oxidation sites excluding steroid dienone is 3. The molecule has 0 saturated carbocycles. The molecular formula is C48H48F6N10O5. The standard InChI is InChI=1S/C24H24F3N5O3.C24H24F3N5O2/c1-13-11-31(12-15-4-6-17(28-3)7-5-15)23(35)20-10-19(30-32(13)20)22-18(29-14(2)33)8-16(9-21(22)34)24(25,26)27;1-14-12-31(13-16-4-7-18(28-3)8-5-16)23(34)22-11-21(30-32(14)22)19-9-6-17(24(25,26)27)10-20(19)29-15(2)33/h4-7,10,13,16,21,34H,8-9,11-12H2,1-2H3,(H,29,33);4-5,7-8,11,14,17H,6,9-10,12-13H2,1-2H3,(H,29,33)/t13-,16?,21?;14-,17?/m00/s1. The van der Waals surface area contributed by atoms with Crippen molar-refractivity contribution in [2.45, 2.75) is 103 Å². The first-order valence-corrected chi connectivity index (χ1v) is 22.1. The predicted octanol–water partition coefficient (Wildman–Crippen LogP) is 8.69. The molecule has 0 spiro atoms. The number of benzene rings is 2. The molecule has 3 unspecified atom stereocenters. The molecule has 4 heterocycles. The number of fused-ring (bicyclic) bond motifs is 2. The maximum Gasteiger partial charge on any atom is 0.392 e. The van der Waals surface area contributed by atoms with E-state index in [0.29, 0.717) is 54.5 Å². The van der Waals surface area contributed by atoms with Crippen LogP contribution < -0.4 is 10.6 Å². The fraction of sp³-hybridized carbons (Fsp3) is 0.417. The van der Waals surface area contributed by atoms with E-state index in [2.05, 4.69) is 30.5 Å². The van der Waals surface area contributed by atoms with Crippen molar-refractivity contribution in [3.05, 3.63) is 129 Å². The highest BCUT2D eigenvalue weighted by Gasteiger charge is 2.46. The van der Waals surface area contributed by atoms with E-state index in [1.807, 2.05) is 26.0 Å². The third-order valence-electron chi connectivity index (χ3n) is 12.5. The smallest absolute Gasteiger partial charge is 0.388 e. The van der Waals surface area contributed by atoms with Crippen LogP contribution in [0.15, 0.2) is 72.1 Å². The normalized spacial score (nSPS) is 21.7. The molecule has 2 aromatic carbocycles. The third-order valence-corrected chi connectivity index (χ3v) is 12.5. The Morgan fingerprint density at radius 3 is 1.59 bits per heavy atom. The SMILES string of the molecule is [C-]#[N+]c1ccc(CN2C[C@H](C)n3nc(C4=C(NC(C)=O)CC(C(F)(F)F)CC4)cc3C2=O)cc1.[C-]#[N+]c1ccc(CN2C[C@H](C)n3nc(C4=C(NC(C)=O)CC(C(F)(F)F)CC4O)cc3C2=O)cc1. The Hall–Kier alpha value is -7.26. The lowest BCUT2D eigenvalue weighted by molar-refractivity contribution is -0.181. The summed E-state index contributed by atoms with van der Waals surface area (Å²) in [5.74, 6) is -4.87. The summed E-state index contributed by atoms with van der Waals surface area (Å²) in [6.07, 6.45) is -11.7. The van der Waals surface area contributed by atoms with Crippen LogP contribution in [0.1, 0.15) is 115 Å². The largest absolute Gasteiger partial charge is 0.392 e. The summed E-state index contributed by atoms with van der Waals surface area (Å²) in [7, 11) is 0. The van der Waals surface area contributed by atoms with Crippen LogP contribution in [0.3, 0.4) is 0 Å². The summed E-state index contributed by atoms with van der Waals surface area (Å²) < 4.78 is 83.2. The van der Waals surface area contributed by atoms with Gasteiger partial charge in [-0.15, -0.1) is 0 Å². The van der Waals surface area contributed by atoms with E-state index in [1.54, 1.807) is 56.9 Å². The zero-order valence-corrected chi connectivity index (χ0v) is 37.9. The van der Waals surface area contributed by atoms with Crippen molar-refractivity contribution in [2.24, 2.45) is 11.8 Å². The Morgan fingerprint density at radius 2 is 1.14 bits per heavy atom. The van der Waals surface area contributed by atoms with Crippen molar-refractivity contribution in [1.82, 2.24) is 40.0 Å². The number of aliphatic hydroxyl groups is 1. The van der Waals surface area contributed by atoms with Crippen molar-refractivity contribution in [2.75, 3.05) is 13.1 Å². The van der Waals surface area contributed by atoms with Gasteiger partial charge in [0, 0.05) is 57.0 Å². The van der Waals surface area contributed by atoms with Crippen LogP contribution in [-0.4, -0.2) is 89.6 Å². The van der Waals surface area contributed by atoms with Gasteiger partial charge in [-0.1, -0.05) is 48.5 Å². The van der Waals surface area contributed by atoms with Crippen LogP contribution >= 0.6 is 0 Å². The molecular weight excluding hydrogens is 911 g/mol. The van der Waals surface area contributed by atoms with Crippen molar-refractivity contribution < 1.29 is 50.6 Å². The van der Waals surface area contributed by atoms with Crippen molar-refractivity contribution in [3.8, 4) is 0 Å². The number of hydrogen-bond donors (Lipinski definition) is 3. The van der Waals surface area contributed by atoms with E-state index in [9.17, 15) is 50.6 Å². The Bertz CT molecular complexity index is 2800. The van der Waals surface area contributed by atoms with Crippen LogP contribution in [0.4, 0.5) is 37.7 Å². The van der Waals surface area contributed by atoms with Gasteiger partial charge in [0.15, 0.2) is 11.4 Å². The van der Waals surface area contributed by atoms with E-state index >= 15 is 0 Å². The fourth-order valence-electron chi connectivity index (χ4n) is 9.18. The lowest BCUT2D eigenvalue weighted by Gasteiger charge is -2.32. The number of rotatable bonds is 8. The third kappa shape index (κ3) is 11.0. The van der Waals surface area contributed by atoms with Gasteiger partial charge in [-0.25, -0.2) is 9.69 Å². The van der Waals surface area contributed by atoms with E-state index in [4.69, 9.17) is 13.1 Å². The monoisotopic (exact) mass is 958 g/mol. The minimum Gasteiger partial charge on any atom is -0.388 e. The Kier molecular flexibility index (Phi) is 14.2. The molecule has 4 aliphatic rings. The minimum absolute atomic E-state index is 0.0362. The molecule has 3 N–H and O–H groups in total. The number of hydrogen-bond acceptors (Lipinski definition) is 7. The lowest BCUT2D eigenvalue weighted by atomic mass is 9.83. The number of aromatic nitrogens is 4. The summed E-state index contributed by atoms with van der Waals surface area (Å²) in [4.78, 5) is 59.9. The number of amides is 4. The topological polar surface area (TPSA) is 163 Å².